The summed E-state index contributed by atoms with van der Waals surface area (Å²) in [7, 11) is 3.46. The molecule has 0 aliphatic carbocycles. The van der Waals surface area contributed by atoms with Gasteiger partial charge in [0.15, 0.2) is 5.69 Å². The first-order valence-corrected chi connectivity index (χ1v) is 11.1. The highest BCUT2D eigenvalue weighted by molar-refractivity contribution is 6.30. The van der Waals surface area contributed by atoms with E-state index in [1.54, 1.807) is 23.9 Å². The van der Waals surface area contributed by atoms with Gasteiger partial charge in [-0.05, 0) is 61.5 Å². The smallest absolute Gasteiger partial charge is 0.297 e. The van der Waals surface area contributed by atoms with E-state index in [-0.39, 0.29) is 5.56 Å². The van der Waals surface area contributed by atoms with Crippen molar-refractivity contribution in [3.05, 3.63) is 105 Å². The van der Waals surface area contributed by atoms with Gasteiger partial charge in [-0.15, -0.1) is 0 Å². The molecule has 0 amide bonds. The van der Waals surface area contributed by atoms with E-state index < -0.39 is 0 Å². The molecule has 2 aromatic heterocycles. The van der Waals surface area contributed by atoms with Crippen molar-refractivity contribution in [2.24, 2.45) is 12.0 Å². The van der Waals surface area contributed by atoms with Crippen LogP contribution in [-0.2, 0) is 7.05 Å². The lowest BCUT2D eigenvalue weighted by Crippen LogP contribution is -2.19. The SMILES string of the molecule is COc1ccc2oc(-c3ccc(Cl)cc3)cc(=Nc3c(C)n(C)n(-c4ccccc4)c3=O)c2c1. The standard InChI is InChI=1S/C27H22ClN3O3/c1-17-26(27(32)31(30(17)2)20-7-5-4-6-8-20)29-23-16-25(18-9-11-19(28)12-10-18)34-24-14-13-21(33-3)15-22(23)24/h4-16H,1-3H3. The summed E-state index contributed by atoms with van der Waals surface area (Å²) in [5.74, 6) is 1.29. The van der Waals surface area contributed by atoms with Crippen LogP contribution < -0.4 is 15.7 Å². The van der Waals surface area contributed by atoms with Gasteiger partial charge in [-0.3, -0.25) is 9.48 Å². The van der Waals surface area contributed by atoms with Crippen LogP contribution in [0.25, 0.3) is 28.0 Å². The quantitative estimate of drug-likeness (QED) is 0.333. The van der Waals surface area contributed by atoms with Gasteiger partial charge in [-0.25, -0.2) is 9.67 Å². The number of aromatic nitrogens is 2. The molecule has 3 aromatic carbocycles. The van der Waals surface area contributed by atoms with Gasteiger partial charge in [-0.1, -0.05) is 29.8 Å². The molecular formula is C27H22ClN3O3. The van der Waals surface area contributed by atoms with Crippen molar-refractivity contribution in [2.45, 2.75) is 6.92 Å². The second-order valence-electron chi connectivity index (χ2n) is 7.89. The number of ether oxygens (including phenoxy) is 1. The average Bonchev–Trinajstić information content (AvgIpc) is 3.07. The summed E-state index contributed by atoms with van der Waals surface area (Å²) < 4.78 is 15.0. The van der Waals surface area contributed by atoms with Crippen LogP contribution in [0, 0.1) is 6.92 Å². The fraction of sp³-hybridized carbons (Fsp3) is 0.111. The number of para-hydroxylation sites is 1. The first kappa shape index (κ1) is 21.8. The fourth-order valence-corrected chi connectivity index (χ4v) is 4.05. The van der Waals surface area contributed by atoms with E-state index in [1.807, 2.05) is 85.4 Å². The molecule has 0 N–H and O–H groups in total. The number of fused-ring (bicyclic) bond motifs is 1. The van der Waals surface area contributed by atoms with Gasteiger partial charge >= 0.3 is 0 Å². The molecule has 0 aliphatic heterocycles. The van der Waals surface area contributed by atoms with E-state index >= 15 is 0 Å². The van der Waals surface area contributed by atoms with Gasteiger partial charge < -0.3 is 9.15 Å². The molecule has 0 radical (unpaired) electrons. The zero-order chi connectivity index (χ0) is 23.8. The minimum atomic E-state index is -0.198. The molecule has 5 rings (SSSR count). The second-order valence-corrected chi connectivity index (χ2v) is 8.32. The maximum Gasteiger partial charge on any atom is 0.297 e. The number of benzene rings is 3. The van der Waals surface area contributed by atoms with Crippen LogP contribution in [0.2, 0.25) is 5.02 Å². The molecule has 0 fully saturated rings. The summed E-state index contributed by atoms with van der Waals surface area (Å²) in [5, 5.41) is 1.99. The van der Waals surface area contributed by atoms with E-state index in [9.17, 15) is 4.79 Å². The lowest BCUT2D eigenvalue weighted by atomic mass is 10.1. The van der Waals surface area contributed by atoms with E-state index in [1.165, 1.54) is 0 Å². The molecule has 6 nitrogen and oxygen atoms in total. The maximum atomic E-state index is 13.5. The van der Waals surface area contributed by atoms with Crippen molar-refractivity contribution in [2.75, 3.05) is 7.11 Å². The normalized spacial score (nSPS) is 11.8. The van der Waals surface area contributed by atoms with E-state index in [0.717, 1.165) is 22.3 Å². The number of halogens is 1. The number of hydrogen-bond acceptors (Lipinski definition) is 4. The predicted octanol–water partition coefficient (Wildman–Crippen LogP) is 5.79. The van der Waals surface area contributed by atoms with Crippen LogP contribution in [0.1, 0.15) is 5.69 Å². The highest BCUT2D eigenvalue weighted by Gasteiger charge is 2.16. The van der Waals surface area contributed by atoms with Gasteiger partial charge in [0.25, 0.3) is 5.56 Å². The average molecular weight is 472 g/mol. The minimum Gasteiger partial charge on any atom is -0.497 e. The molecule has 0 unspecified atom stereocenters. The van der Waals surface area contributed by atoms with Crippen LogP contribution in [-0.4, -0.2) is 16.5 Å². The molecule has 0 spiro atoms. The lowest BCUT2D eigenvalue weighted by molar-refractivity contribution is 0.415. The molecule has 0 bridgehead atoms. The lowest BCUT2D eigenvalue weighted by Gasteiger charge is -2.07. The van der Waals surface area contributed by atoms with Crippen molar-refractivity contribution >= 4 is 28.3 Å². The van der Waals surface area contributed by atoms with E-state index in [2.05, 4.69) is 0 Å². The van der Waals surface area contributed by atoms with Gasteiger partial charge in [-0.2, -0.15) is 0 Å². The molecule has 0 atom stereocenters. The fourth-order valence-electron chi connectivity index (χ4n) is 3.93. The van der Waals surface area contributed by atoms with Crippen LogP contribution in [0.3, 0.4) is 0 Å². The Morgan fingerprint density at radius 2 is 1.71 bits per heavy atom. The summed E-state index contributed by atoms with van der Waals surface area (Å²) in [6.45, 7) is 1.88. The number of rotatable bonds is 4. The topological polar surface area (TPSA) is 61.7 Å². The zero-order valence-corrected chi connectivity index (χ0v) is 19.7. The maximum absolute atomic E-state index is 13.5. The van der Waals surface area contributed by atoms with Crippen LogP contribution in [0.4, 0.5) is 5.69 Å². The third kappa shape index (κ3) is 3.82. The Labute approximate surface area is 200 Å². The number of methoxy groups -OCH3 is 1. The summed E-state index contributed by atoms with van der Waals surface area (Å²) >= 11 is 6.07. The third-order valence-electron chi connectivity index (χ3n) is 5.84. The van der Waals surface area contributed by atoms with Gasteiger partial charge in [0.05, 0.1) is 23.8 Å². The summed E-state index contributed by atoms with van der Waals surface area (Å²) in [6, 6.07) is 24.3. The van der Waals surface area contributed by atoms with Crippen molar-refractivity contribution in [1.29, 1.82) is 0 Å². The molecule has 0 aliphatic rings. The van der Waals surface area contributed by atoms with Gasteiger partial charge in [0.1, 0.15) is 17.1 Å². The molecule has 0 saturated heterocycles. The monoisotopic (exact) mass is 471 g/mol. The van der Waals surface area contributed by atoms with Gasteiger partial charge in [0, 0.05) is 29.1 Å². The molecule has 5 aromatic rings. The van der Waals surface area contributed by atoms with Crippen molar-refractivity contribution < 1.29 is 9.15 Å². The van der Waals surface area contributed by atoms with E-state index in [4.69, 9.17) is 25.7 Å². The van der Waals surface area contributed by atoms with Crippen molar-refractivity contribution in [3.63, 3.8) is 0 Å². The highest BCUT2D eigenvalue weighted by atomic mass is 35.5. The Hall–Kier alpha value is -4.03. The Balaban J connectivity index is 1.80. The molecule has 2 heterocycles. The first-order valence-electron chi connectivity index (χ1n) is 10.7. The molecule has 7 heteroatoms. The van der Waals surface area contributed by atoms with Crippen molar-refractivity contribution in [3.8, 4) is 22.8 Å². The molecular weight excluding hydrogens is 450 g/mol. The Morgan fingerprint density at radius 1 is 0.971 bits per heavy atom. The first-order chi connectivity index (χ1) is 16.5. The van der Waals surface area contributed by atoms with Crippen LogP contribution in [0.15, 0.2) is 93.1 Å². The zero-order valence-electron chi connectivity index (χ0n) is 18.9. The Kier molecular flexibility index (Phi) is 5.59. The largest absolute Gasteiger partial charge is 0.497 e. The van der Waals surface area contributed by atoms with E-state index in [0.29, 0.717) is 33.2 Å². The summed E-state index contributed by atoms with van der Waals surface area (Å²) in [6.07, 6.45) is 0. The number of hydrogen-bond donors (Lipinski definition) is 0. The van der Waals surface area contributed by atoms with Gasteiger partial charge in [0.2, 0.25) is 0 Å². The van der Waals surface area contributed by atoms with Crippen LogP contribution in [0.5, 0.6) is 5.75 Å². The molecule has 0 saturated carbocycles. The third-order valence-corrected chi connectivity index (χ3v) is 6.09. The Morgan fingerprint density at radius 3 is 2.41 bits per heavy atom. The Bertz CT molecular complexity index is 1630. The second kappa shape index (κ2) is 8.72. The summed E-state index contributed by atoms with van der Waals surface area (Å²) in [4.78, 5) is 18.3. The predicted molar refractivity (Wildman–Crippen MR) is 134 cm³/mol. The number of nitrogens with zero attached hydrogens (tertiary/aromatic N) is 3. The molecule has 34 heavy (non-hydrogen) atoms. The van der Waals surface area contributed by atoms with Crippen molar-refractivity contribution in [1.82, 2.24) is 9.36 Å². The molecule has 170 valence electrons. The minimum absolute atomic E-state index is 0.198. The van der Waals surface area contributed by atoms with Crippen LogP contribution >= 0.6 is 11.6 Å². The summed E-state index contributed by atoms with van der Waals surface area (Å²) in [5.41, 5.74) is 3.17. The highest BCUT2D eigenvalue weighted by Crippen LogP contribution is 2.26.